The number of nitrogens with zero attached hydrogens (tertiary/aromatic N) is 2. The van der Waals surface area contributed by atoms with E-state index in [1.807, 2.05) is 12.3 Å². The van der Waals surface area contributed by atoms with E-state index in [2.05, 4.69) is 50.9 Å². The Labute approximate surface area is 208 Å². The average Bonchev–Trinajstić information content (AvgIpc) is 3.51. The lowest BCUT2D eigenvalue weighted by molar-refractivity contribution is -0.589. The largest absolute Gasteiger partial charge is 0.495 e. The first kappa shape index (κ1) is 21.4. The highest BCUT2D eigenvalue weighted by atomic mass is 16.5. The number of benzene rings is 2. The van der Waals surface area contributed by atoms with Gasteiger partial charge in [0.2, 0.25) is 5.71 Å². The fourth-order valence-corrected chi connectivity index (χ4v) is 6.40. The van der Waals surface area contributed by atoms with Crippen LogP contribution < -0.4 is 9.47 Å². The van der Waals surface area contributed by atoms with E-state index in [-0.39, 0.29) is 12.1 Å². The summed E-state index contributed by atoms with van der Waals surface area (Å²) in [5.74, 6) is 1.65. The number of ether oxygens (including phenoxy) is 3. The summed E-state index contributed by atoms with van der Waals surface area (Å²) in [6, 6.07) is 14.7. The van der Waals surface area contributed by atoms with Gasteiger partial charge in [-0.05, 0) is 18.6 Å². The summed E-state index contributed by atoms with van der Waals surface area (Å²) in [6.07, 6.45) is 4.96. The first-order valence-corrected chi connectivity index (χ1v) is 12.5. The number of rotatable bonds is 4. The summed E-state index contributed by atoms with van der Waals surface area (Å²) in [4.78, 5) is 12.4. The van der Waals surface area contributed by atoms with Gasteiger partial charge in [0.1, 0.15) is 29.0 Å². The molecule has 2 aliphatic rings. The van der Waals surface area contributed by atoms with Gasteiger partial charge >= 0.3 is 0 Å². The molecular weight excluding hydrogens is 452 g/mol. The molecule has 3 aromatic heterocycles. The third-order valence-electron chi connectivity index (χ3n) is 7.99. The maximum Gasteiger partial charge on any atom is 0.200 e. The zero-order chi connectivity index (χ0) is 24.4. The third-order valence-corrected chi connectivity index (χ3v) is 7.99. The Hall–Kier alpha value is -3.84. The van der Waals surface area contributed by atoms with Crippen LogP contribution in [0.2, 0.25) is 0 Å². The molecule has 36 heavy (non-hydrogen) atoms. The summed E-state index contributed by atoms with van der Waals surface area (Å²) >= 11 is 0. The second-order valence-corrected chi connectivity index (χ2v) is 9.66. The number of hydrogen-bond donors (Lipinski definition) is 2. The van der Waals surface area contributed by atoms with E-state index >= 15 is 0 Å². The number of nitrogens with one attached hydrogen (secondary N) is 2. The molecule has 0 saturated carbocycles. The maximum atomic E-state index is 6.10. The molecule has 2 aliphatic heterocycles. The maximum absolute atomic E-state index is 6.10. The van der Waals surface area contributed by atoms with Crippen molar-refractivity contribution in [3.05, 3.63) is 65.6 Å². The minimum absolute atomic E-state index is 0.0540. The lowest BCUT2D eigenvalue weighted by Crippen LogP contribution is -2.39. The van der Waals surface area contributed by atoms with Crippen LogP contribution in [0.4, 0.5) is 0 Å². The first-order valence-electron chi connectivity index (χ1n) is 12.5. The highest BCUT2D eigenvalue weighted by Crippen LogP contribution is 2.43. The van der Waals surface area contributed by atoms with Crippen molar-refractivity contribution in [1.29, 1.82) is 0 Å². The van der Waals surface area contributed by atoms with E-state index < -0.39 is 0 Å². The topological polar surface area (TPSA) is 75.2 Å². The van der Waals surface area contributed by atoms with Crippen LogP contribution in [0.1, 0.15) is 48.4 Å². The van der Waals surface area contributed by atoms with Gasteiger partial charge in [-0.2, -0.15) is 0 Å². The van der Waals surface area contributed by atoms with Crippen molar-refractivity contribution in [3.8, 4) is 11.5 Å². The normalized spacial score (nSPS) is 19.6. The molecule has 0 bridgehead atoms. The number of methoxy groups -OCH3 is 3. The second kappa shape index (κ2) is 8.10. The van der Waals surface area contributed by atoms with E-state index in [4.69, 9.17) is 19.2 Å². The molecule has 0 aliphatic carbocycles. The Morgan fingerprint density at radius 3 is 2.58 bits per heavy atom. The monoisotopic (exact) mass is 481 g/mol. The molecule has 2 atom stereocenters. The average molecular weight is 482 g/mol. The first-order chi connectivity index (χ1) is 17.7. The zero-order valence-electron chi connectivity index (χ0n) is 20.7. The Kier molecular flexibility index (Phi) is 4.82. The smallest absolute Gasteiger partial charge is 0.200 e. The van der Waals surface area contributed by atoms with Crippen LogP contribution in [-0.2, 0) is 4.74 Å². The molecule has 5 aromatic rings. The van der Waals surface area contributed by atoms with E-state index in [9.17, 15) is 0 Å². The van der Waals surface area contributed by atoms with Gasteiger partial charge in [0, 0.05) is 41.8 Å². The lowest BCUT2D eigenvalue weighted by atomic mass is 9.89. The summed E-state index contributed by atoms with van der Waals surface area (Å²) in [7, 11) is 5.24. The molecule has 0 saturated heterocycles. The molecule has 0 radical (unpaired) electrons. The van der Waals surface area contributed by atoms with Crippen molar-refractivity contribution in [1.82, 2.24) is 15.0 Å². The Bertz CT molecular complexity index is 1680. The fourth-order valence-electron chi connectivity index (χ4n) is 6.40. The molecule has 0 spiro atoms. The van der Waals surface area contributed by atoms with Crippen molar-refractivity contribution in [2.45, 2.75) is 31.4 Å². The Morgan fingerprint density at radius 2 is 1.75 bits per heavy atom. The molecule has 1 unspecified atom stereocenters. The Morgan fingerprint density at radius 1 is 0.917 bits per heavy atom. The molecule has 182 valence electrons. The van der Waals surface area contributed by atoms with E-state index in [1.54, 1.807) is 21.3 Å². The molecular formula is C29H29N4O3+. The van der Waals surface area contributed by atoms with Gasteiger partial charge in [0.05, 0.1) is 36.8 Å². The number of para-hydroxylation sites is 2. The SMILES string of the molecule is COc1cccc2c3c([nH]c12)C1=[N+](CC3OC)[C@@H](c2ncc(OC)c3c2[nH]c2ccccc23)CCC1. The number of hydrogen-bond acceptors (Lipinski definition) is 4. The number of aromatic nitrogens is 3. The van der Waals surface area contributed by atoms with Crippen molar-refractivity contribution >= 4 is 38.4 Å². The number of H-pyrrole nitrogens is 2. The molecule has 0 amide bonds. The van der Waals surface area contributed by atoms with Crippen LogP contribution in [0.3, 0.4) is 0 Å². The van der Waals surface area contributed by atoms with Crippen molar-refractivity contribution in [3.63, 3.8) is 0 Å². The minimum Gasteiger partial charge on any atom is -0.495 e. The third kappa shape index (κ3) is 2.89. The van der Waals surface area contributed by atoms with Crippen LogP contribution >= 0.6 is 0 Å². The van der Waals surface area contributed by atoms with Crippen molar-refractivity contribution < 1.29 is 18.8 Å². The van der Waals surface area contributed by atoms with Crippen molar-refractivity contribution in [2.24, 2.45) is 0 Å². The van der Waals surface area contributed by atoms with Gasteiger partial charge in [-0.25, -0.2) is 9.56 Å². The van der Waals surface area contributed by atoms with Crippen LogP contribution in [0.5, 0.6) is 11.5 Å². The standard InChI is InChI=1S/C29H28N4O3/c1-34-21-13-6-9-17-25-23(36-3)15-33-19(27(25)32-26(17)21)11-7-12-20(33)28-29-24(22(35-2)14-30-28)16-8-4-5-10-18(16)31-29/h4-6,8-10,13-14,20,23H,7,11-12,15H2,1-3H3,(H,30,31)/p+1/t20-,23?/m1/s1. The van der Waals surface area contributed by atoms with Crippen LogP contribution in [0, 0.1) is 0 Å². The predicted octanol–water partition coefficient (Wildman–Crippen LogP) is 5.64. The van der Waals surface area contributed by atoms with Crippen molar-refractivity contribution in [2.75, 3.05) is 27.9 Å². The van der Waals surface area contributed by atoms with Crippen LogP contribution in [0.15, 0.2) is 48.7 Å². The lowest BCUT2D eigenvalue weighted by Gasteiger charge is -2.30. The highest BCUT2D eigenvalue weighted by Gasteiger charge is 2.43. The van der Waals surface area contributed by atoms with E-state index in [1.165, 1.54) is 22.4 Å². The quantitative estimate of drug-likeness (QED) is 0.326. The van der Waals surface area contributed by atoms with E-state index in [0.717, 1.165) is 70.3 Å². The van der Waals surface area contributed by atoms with Crippen LogP contribution in [0.25, 0.3) is 32.7 Å². The molecule has 2 aromatic carbocycles. The number of pyridine rings is 1. The minimum atomic E-state index is -0.0540. The number of fused-ring (bicyclic) bond motifs is 7. The van der Waals surface area contributed by atoms with Gasteiger partial charge in [0.15, 0.2) is 12.6 Å². The molecule has 7 rings (SSSR count). The van der Waals surface area contributed by atoms with Gasteiger partial charge < -0.3 is 24.2 Å². The molecule has 7 heteroatoms. The zero-order valence-corrected chi connectivity index (χ0v) is 20.7. The van der Waals surface area contributed by atoms with E-state index in [0.29, 0.717) is 0 Å². The molecule has 0 fully saturated rings. The summed E-state index contributed by atoms with van der Waals surface area (Å²) < 4.78 is 20.0. The Balaban J connectivity index is 1.47. The van der Waals surface area contributed by atoms with Crippen LogP contribution in [-0.4, -0.2) is 53.1 Å². The summed E-state index contributed by atoms with van der Waals surface area (Å²) in [5.41, 5.74) is 7.97. The fraction of sp³-hybridized carbons (Fsp3) is 0.310. The summed E-state index contributed by atoms with van der Waals surface area (Å²) in [5, 5.41) is 3.43. The predicted molar refractivity (Wildman–Crippen MR) is 141 cm³/mol. The van der Waals surface area contributed by atoms with Gasteiger partial charge in [-0.1, -0.05) is 30.3 Å². The summed E-state index contributed by atoms with van der Waals surface area (Å²) in [6.45, 7) is 0.781. The second-order valence-electron chi connectivity index (χ2n) is 9.66. The molecule has 2 N–H and O–H groups in total. The molecule has 7 nitrogen and oxygen atoms in total. The molecule has 5 heterocycles. The van der Waals surface area contributed by atoms with Gasteiger partial charge in [-0.3, -0.25) is 0 Å². The van der Waals surface area contributed by atoms with Gasteiger partial charge in [-0.15, -0.1) is 0 Å². The highest BCUT2D eigenvalue weighted by molar-refractivity contribution is 6.11. The number of aromatic amines is 2. The van der Waals surface area contributed by atoms with Gasteiger partial charge in [0.25, 0.3) is 0 Å².